The summed E-state index contributed by atoms with van der Waals surface area (Å²) in [6.45, 7) is 4.05. The first-order valence-corrected chi connectivity index (χ1v) is 10.3. The highest BCUT2D eigenvalue weighted by Crippen LogP contribution is 2.42. The van der Waals surface area contributed by atoms with E-state index >= 15 is 0 Å². The molecule has 0 aliphatic carbocycles. The fourth-order valence-corrected chi connectivity index (χ4v) is 5.44. The van der Waals surface area contributed by atoms with Gasteiger partial charge in [0.25, 0.3) is 0 Å². The first kappa shape index (κ1) is 16.6. The molecule has 1 fully saturated rings. The van der Waals surface area contributed by atoms with E-state index in [9.17, 15) is 8.42 Å². The van der Waals surface area contributed by atoms with Gasteiger partial charge in [0, 0.05) is 17.6 Å². The quantitative estimate of drug-likeness (QED) is 0.896. The van der Waals surface area contributed by atoms with Crippen molar-refractivity contribution in [3.8, 4) is 0 Å². The van der Waals surface area contributed by atoms with Crippen LogP contribution in [0.3, 0.4) is 0 Å². The number of benzene rings is 2. The van der Waals surface area contributed by atoms with Crippen LogP contribution in [0, 0.1) is 6.92 Å². The standard InChI is InChI=1S/C20H24N2O2S/c1-14-4-3-5-15(12-14)25(23,24)16-6-7-19-18(13-16)17-8-10-22(2)11-9-20(17)21-19/h3-7,12-13,17,20-21H,8-11H2,1-2H3/t17-,20-/m1/s1. The number of aryl methyl sites for hydroxylation is 1. The Morgan fingerprint density at radius 3 is 2.60 bits per heavy atom. The summed E-state index contributed by atoms with van der Waals surface area (Å²) in [5, 5.41) is 3.60. The van der Waals surface area contributed by atoms with Crippen molar-refractivity contribution in [1.29, 1.82) is 0 Å². The van der Waals surface area contributed by atoms with Gasteiger partial charge in [0.05, 0.1) is 9.79 Å². The van der Waals surface area contributed by atoms with Gasteiger partial charge in [0.1, 0.15) is 0 Å². The Morgan fingerprint density at radius 1 is 1.04 bits per heavy atom. The van der Waals surface area contributed by atoms with Gasteiger partial charge in [0.2, 0.25) is 9.84 Å². The van der Waals surface area contributed by atoms with Gasteiger partial charge in [0.15, 0.2) is 0 Å². The summed E-state index contributed by atoms with van der Waals surface area (Å²) in [6.07, 6.45) is 2.16. The molecule has 0 aromatic heterocycles. The van der Waals surface area contributed by atoms with Gasteiger partial charge in [-0.3, -0.25) is 0 Å². The van der Waals surface area contributed by atoms with Gasteiger partial charge in [-0.15, -0.1) is 0 Å². The van der Waals surface area contributed by atoms with Crippen LogP contribution < -0.4 is 5.32 Å². The summed E-state index contributed by atoms with van der Waals surface area (Å²) < 4.78 is 26.1. The molecule has 2 aliphatic rings. The lowest BCUT2D eigenvalue weighted by Gasteiger charge is -2.16. The first-order chi connectivity index (χ1) is 11.9. The van der Waals surface area contributed by atoms with E-state index in [0.29, 0.717) is 21.8 Å². The Bertz CT molecular complexity index is 908. The molecule has 5 heteroatoms. The second-order valence-corrected chi connectivity index (χ2v) is 9.26. The summed E-state index contributed by atoms with van der Waals surface area (Å²) in [4.78, 5) is 3.12. The minimum absolute atomic E-state index is 0.371. The Morgan fingerprint density at radius 2 is 1.80 bits per heavy atom. The predicted molar refractivity (Wildman–Crippen MR) is 100.0 cm³/mol. The van der Waals surface area contributed by atoms with Gasteiger partial charge in [-0.25, -0.2) is 8.42 Å². The number of hydrogen-bond acceptors (Lipinski definition) is 4. The number of hydrogen-bond donors (Lipinski definition) is 1. The molecule has 0 spiro atoms. The van der Waals surface area contributed by atoms with E-state index in [0.717, 1.165) is 42.7 Å². The van der Waals surface area contributed by atoms with Crippen molar-refractivity contribution >= 4 is 15.5 Å². The molecule has 2 heterocycles. The molecule has 2 aliphatic heterocycles. The molecular weight excluding hydrogens is 332 g/mol. The van der Waals surface area contributed by atoms with Crippen molar-refractivity contribution < 1.29 is 8.42 Å². The highest BCUT2D eigenvalue weighted by molar-refractivity contribution is 7.91. The van der Waals surface area contributed by atoms with Crippen molar-refractivity contribution in [1.82, 2.24) is 4.90 Å². The van der Waals surface area contributed by atoms with Crippen LogP contribution in [0.4, 0.5) is 5.69 Å². The summed E-state index contributed by atoms with van der Waals surface area (Å²) in [5.41, 5.74) is 3.22. The van der Waals surface area contributed by atoms with E-state index < -0.39 is 9.84 Å². The molecule has 25 heavy (non-hydrogen) atoms. The van der Waals surface area contributed by atoms with Crippen LogP contribution in [0.2, 0.25) is 0 Å². The van der Waals surface area contributed by atoms with Crippen LogP contribution >= 0.6 is 0 Å². The third-order valence-corrected chi connectivity index (χ3v) is 7.25. The van der Waals surface area contributed by atoms with E-state index in [2.05, 4.69) is 17.3 Å². The Labute approximate surface area is 149 Å². The molecular formula is C20H24N2O2S. The summed E-state index contributed by atoms with van der Waals surface area (Å²) in [6, 6.07) is 13.1. The van der Waals surface area contributed by atoms with Crippen molar-refractivity contribution in [3.63, 3.8) is 0 Å². The molecule has 2 atom stereocenters. The maximum absolute atomic E-state index is 13.0. The van der Waals surface area contributed by atoms with Gasteiger partial charge >= 0.3 is 0 Å². The van der Waals surface area contributed by atoms with Gasteiger partial charge in [-0.05, 0) is 81.4 Å². The van der Waals surface area contributed by atoms with Crippen molar-refractivity contribution in [2.24, 2.45) is 0 Å². The Balaban J connectivity index is 1.73. The lowest BCUT2D eigenvalue weighted by molar-refractivity contribution is 0.346. The minimum atomic E-state index is -3.48. The van der Waals surface area contributed by atoms with Crippen LogP contribution in [0.15, 0.2) is 52.3 Å². The van der Waals surface area contributed by atoms with E-state index in [1.807, 2.05) is 25.1 Å². The van der Waals surface area contributed by atoms with Crippen LogP contribution in [-0.2, 0) is 9.84 Å². The molecule has 0 saturated carbocycles. The average molecular weight is 356 g/mol. The van der Waals surface area contributed by atoms with Gasteiger partial charge < -0.3 is 10.2 Å². The number of sulfone groups is 1. The van der Waals surface area contributed by atoms with Crippen LogP contribution in [0.25, 0.3) is 0 Å². The summed E-state index contributed by atoms with van der Waals surface area (Å²) in [7, 11) is -1.33. The second-order valence-electron chi connectivity index (χ2n) is 7.31. The number of rotatable bonds is 2. The van der Waals surface area contributed by atoms with Crippen LogP contribution in [0.5, 0.6) is 0 Å². The molecule has 0 radical (unpaired) electrons. The summed E-state index contributed by atoms with van der Waals surface area (Å²) >= 11 is 0. The average Bonchev–Trinajstić information content (AvgIpc) is 2.84. The number of fused-ring (bicyclic) bond motifs is 3. The minimum Gasteiger partial charge on any atom is -0.381 e. The third-order valence-electron chi connectivity index (χ3n) is 5.50. The first-order valence-electron chi connectivity index (χ1n) is 8.86. The zero-order chi connectivity index (χ0) is 17.6. The lowest BCUT2D eigenvalue weighted by atomic mass is 9.91. The molecule has 132 valence electrons. The van der Waals surface area contributed by atoms with Crippen molar-refractivity contribution in [2.45, 2.75) is 41.5 Å². The Hall–Kier alpha value is -1.85. The monoisotopic (exact) mass is 356 g/mol. The van der Waals surface area contributed by atoms with Crippen LogP contribution in [0.1, 0.15) is 29.9 Å². The highest BCUT2D eigenvalue weighted by atomic mass is 32.2. The highest BCUT2D eigenvalue weighted by Gasteiger charge is 2.34. The molecule has 2 aromatic rings. The fraction of sp³-hybridized carbons (Fsp3) is 0.400. The normalized spacial score (nSPS) is 23.4. The molecule has 4 nitrogen and oxygen atoms in total. The number of nitrogens with zero attached hydrogens (tertiary/aromatic N) is 1. The topological polar surface area (TPSA) is 49.4 Å². The van der Waals surface area contributed by atoms with E-state index in [1.54, 1.807) is 24.3 Å². The molecule has 0 bridgehead atoms. The molecule has 1 saturated heterocycles. The Kier molecular flexibility index (Phi) is 4.08. The second kappa shape index (κ2) is 6.15. The fourth-order valence-electron chi connectivity index (χ4n) is 4.04. The SMILES string of the molecule is Cc1cccc(S(=O)(=O)c2ccc3c(c2)[C@H]2CCN(C)CC[C@H]2N3)c1. The molecule has 1 N–H and O–H groups in total. The number of nitrogens with one attached hydrogen (secondary N) is 1. The van der Waals surface area contributed by atoms with Gasteiger partial charge in [-0.1, -0.05) is 12.1 Å². The number of anilines is 1. The predicted octanol–water partition coefficient (Wildman–Crippen LogP) is 3.43. The van der Waals surface area contributed by atoms with E-state index in [-0.39, 0.29) is 0 Å². The van der Waals surface area contributed by atoms with Crippen molar-refractivity contribution in [2.75, 3.05) is 25.5 Å². The van der Waals surface area contributed by atoms with Gasteiger partial charge in [-0.2, -0.15) is 0 Å². The van der Waals surface area contributed by atoms with E-state index in [1.165, 1.54) is 0 Å². The maximum atomic E-state index is 13.0. The maximum Gasteiger partial charge on any atom is 0.206 e. The van der Waals surface area contributed by atoms with Crippen LogP contribution in [-0.4, -0.2) is 39.5 Å². The lowest BCUT2D eigenvalue weighted by Crippen LogP contribution is -2.22. The zero-order valence-electron chi connectivity index (χ0n) is 14.7. The summed E-state index contributed by atoms with van der Waals surface area (Å²) in [5.74, 6) is 0.396. The molecule has 0 amide bonds. The molecule has 2 aromatic carbocycles. The smallest absolute Gasteiger partial charge is 0.206 e. The van der Waals surface area contributed by atoms with E-state index in [4.69, 9.17) is 0 Å². The van der Waals surface area contributed by atoms with Crippen molar-refractivity contribution in [3.05, 3.63) is 53.6 Å². The zero-order valence-corrected chi connectivity index (χ0v) is 15.5. The molecule has 4 rings (SSSR count). The third kappa shape index (κ3) is 2.96. The number of likely N-dealkylation sites (tertiary alicyclic amines) is 1. The molecule has 0 unspecified atom stereocenters. The largest absolute Gasteiger partial charge is 0.381 e.